The maximum Gasteiger partial charge on any atom is 0.209 e. The van der Waals surface area contributed by atoms with Gasteiger partial charge in [-0.05, 0) is 42.4 Å². The molecule has 19 heavy (non-hydrogen) atoms. The first-order valence-electron chi connectivity index (χ1n) is 6.40. The first-order chi connectivity index (χ1) is 9.38. The number of aromatic nitrogens is 3. The van der Waals surface area contributed by atoms with Gasteiger partial charge in [0.15, 0.2) is 0 Å². The lowest BCUT2D eigenvalue weighted by Gasteiger charge is -2.28. The lowest BCUT2D eigenvalue weighted by Crippen LogP contribution is -2.68. The van der Waals surface area contributed by atoms with E-state index in [1.807, 2.05) is 24.7 Å². The molecule has 3 N–H and O–H groups in total. The van der Waals surface area contributed by atoms with E-state index in [9.17, 15) is 0 Å². The maximum atomic E-state index is 3.97. The molecular weight excluding hydrogens is 250 g/mol. The van der Waals surface area contributed by atoms with E-state index in [1.165, 1.54) is 16.0 Å². The molecule has 0 aliphatic rings. The van der Waals surface area contributed by atoms with Crippen molar-refractivity contribution in [2.24, 2.45) is 0 Å². The van der Waals surface area contributed by atoms with Gasteiger partial charge in [-0.3, -0.25) is 0 Å². The molecule has 3 heterocycles. The van der Waals surface area contributed by atoms with Crippen LogP contribution in [0.2, 0.25) is 6.04 Å². The zero-order chi connectivity index (χ0) is 13.1. The van der Waals surface area contributed by atoms with Crippen molar-refractivity contribution in [3.63, 3.8) is 0 Å². The molecule has 0 atom stereocenters. The highest BCUT2D eigenvalue weighted by Crippen LogP contribution is 2.10. The molecule has 96 valence electrons. The highest BCUT2D eigenvalue weighted by molar-refractivity contribution is 7.10. The Bertz CT molecular complexity index is 537. The Morgan fingerprint density at radius 3 is 1.53 bits per heavy atom. The second kappa shape index (κ2) is 4.82. The van der Waals surface area contributed by atoms with E-state index in [0.29, 0.717) is 0 Å². The van der Waals surface area contributed by atoms with E-state index < -0.39 is 8.07 Å². The van der Waals surface area contributed by atoms with E-state index >= 15 is 0 Å². The van der Waals surface area contributed by atoms with Gasteiger partial charge in [-0.15, -0.1) is 6.58 Å². The van der Waals surface area contributed by atoms with Gasteiger partial charge in [0, 0.05) is 34.5 Å². The molecule has 0 spiro atoms. The predicted molar refractivity (Wildman–Crippen MR) is 82.0 cm³/mol. The van der Waals surface area contributed by atoms with E-state index in [4.69, 9.17) is 0 Å². The second-order valence-electron chi connectivity index (χ2n) is 4.65. The molecule has 0 radical (unpaired) electrons. The third-order valence-corrected chi connectivity index (χ3v) is 8.22. The molecule has 0 aromatic carbocycles. The van der Waals surface area contributed by atoms with Gasteiger partial charge in [0.2, 0.25) is 8.07 Å². The molecular formula is C15H17N3Si. The minimum Gasteiger partial charge on any atom is -0.368 e. The van der Waals surface area contributed by atoms with Gasteiger partial charge in [-0.1, -0.05) is 6.08 Å². The van der Waals surface area contributed by atoms with Gasteiger partial charge >= 0.3 is 0 Å². The normalized spacial score (nSPS) is 11.6. The summed E-state index contributed by atoms with van der Waals surface area (Å²) in [5.41, 5.74) is 0. The van der Waals surface area contributed by atoms with Gasteiger partial charge in [-0.2, -0.15) is 0 Å². The van der Waals surface area contributed by atoms with Crippen molar-refractivity contribution in [3.05, 3.63) is 67.6 Å². The largest absolute Gasteiger partial charge is 0.368 e. The Balaban J connectivity index is 2.26. The number of hydrogen-bond donors (Lipinski definition) is 3. The average molecular weight is 267 g/mol. The fraction of sp³-hybridized carbons (Fsp3) is 0.0667. The van der Waals surface area contributed by atoms with Gasteiger partial charge in [-0.25, -0.2) is 0 Å². The summed E-state index contributed by atoms with van der Waals surface area (Å²) in [7, 11) is -2.05. The lowest BCUT2D eigenvalue weighted by molar-refractivity contribution is 1.37. The molecule has 0 aliphatic heterocycles. The Morgan fingerprint density at radius 1 is 0.842 bits per heavy atom. The molecule has 3 rings (SSSR count). The van der Waals surface area contributed by atoms with E-state index in [1.54, 1.807) is 0 Å². The van der Waals surface area contributed by atoms with Crippen LogP contribution in [0.4, 0.5) is 0 Å². The quantitative estimate of drug-likeness (QED) is 0.461. The average Bonchev–Trinajstić information content (AvgIpc) is 3.18. The van der Waals surface area contributed by atoms with Crippen LogP contribution >= 0.6 is 0 Å². The molecule has 3 aromatic rings. The SMILES string of the molecule is C=CC[Si](c1ccc[nH]1)(c1ccc[nH]1)c1ccc[nH]1. The first kappa shape index (κ1) is 11.9. The third-order valence-electron chi connectivity index (χ3n) is 3.62. The van der Waals surface area contributed by atoms with Gasteiger partial charge in [0.1, 0.15) is 0 Å². The highest BCUT2D eigenvalue weighted by Gasteiger charge is 2.41. The molecule has 0 unspecified atom stereocenters. The number of nitrogens with one attached hydrogen (secondary N) is 3. The standard InChI is InChI=1S/C15H17N3Si/c1-2-12-19(13-6-3-9-16-13,14-7-4-10-17-14)15-8-5-11-18-15/h2-11,16-18H,1,12H2. The van der Waals surface area contributed by atoms with Crippen molar-refractivity contribution >= 4 is 24.0 Å². The van der Waals surface area contributed by atoms with Crippen LogP contribution in [0.1, 0.15) is 0 Å². The zero-order valence-electron chi connectivity index (χ0n) is 10.7. The number of rotatable bonds is 5. The van der Waals surface area contributed by atoms with E-state index in [2.05, 4.69) is 57.9 Å². The zero-order valence-corrected chi connectivity index (χ0v) is 11.7. The van der Waals surface area contributed by atoms with Crippen LogP contribution in [-0.2, 0) is 0 Å². The maximum absolute atomic E-state index is 3.97. The second-order valence-corrected chi connectivity index (χ2v) is 8.48. The summed E-state index contributed by atoms with van der Waals surface area (Å²) < 4.78 is 0. The molecule has 4 heteroatoms. The number of allylic oxidation sites excluding steroid dienone is 1. The summed E-state index contributed by atoms with van der Waals surface area (Å²) in [4.78, 5) is 10.2. The smallest absolute Gasteiger partial charge is 0.209 e. The van der Waals surface area contributed by atoms with Crippen molar-refractivity contribution in [2.45, 2.75) is 6.04 Å². The summed E-state index contributed by atoms with van der Waals surface area (Å²) >= 11 is 0. The number of H-pyrrole nitrogens is 3. The molecule has 0 amide bonds. The van der Waals surface area contributed by atoms with Crippen LogP contribution in [-0.4, -0.2) is 23.0 Å². The van der Waals surface area contributed by atoms with Crippen LogP contribution in [0.15, 0.2) is 67.6 Å². The molecule has 0 saturated heterocycles. The Hall–Kier alpha value is -2.20. The Morgan fingerprint density at radius 2 is 1.26 bits per heavy atom. The van der Waals surface area contributed by atoms with Crippen molar-refractivity contribution in [2.75, 3.05) is 0 Å². The minimum absolute atomic E-state index is 0.953. The van der Waals surface area contributed by atoms with Crippen LogP contribution in [0.25, 0.3) is 0 Å². The molecule has 0 bridgehead atoms. The summed E-state index contributed by atoms with van der Waals surface area (Å²) in [6, 6.07) is 13.7. The van der Waals surface area contributed by atoms with Gasteiger partial charge < -0.3 is 15.0 Å². The first-order valence-corrected chi connectivity index (χ1v) is 8.61. The van der Waals surface area contributed by atoms with Gasteiger partial charge in [0.25, 0.3) is 0 Å². The predicted octanol–water partition coefficient (Wildman–Crippen LogP) is 1.33. The molecule has 0 fully saturated rings. The topological polar surface area (TPSA) is 47.4 Å². The van der Waals surface area contributed by atoms with Crippen LogP contribution in [0, 0.1) is 0 Å². The number of aromatic amines is 3. The summed E-state index contributed by atoms with van der Waals surface area (Å²) in [6.07, 6.45) is 8.00. The van der Waals surface area contributed by atoms with Crippen molar-refractivity contribution in [1.29, 1.82) is 0 Å². The summed E-state index contributed by atoms with van der Waals surface area (Å²) in [5.74, 6) is 0. The van der Waals surface area contributed by atoms with Crippen molar-refractivity contribution in [3.8, 4) is 0 Å². The molecule has 3 aromatic heterocycles. The Labute approximate surface area is 113 Å². The number of hydrogen-bond acceptors (Lipinski definition) is 0. The summed E-state index contributed by atoms with van der Waals surface area (Å²) in [5, 5.41) is 3.87. The van der Waals surface area contributed by atoms with E-state index in [0.717, 1.165) is 6.04 Å². The van der Waals surface area contributed by atoms with Crippen LogP contribution in [0.5, 0.6) is 0 Å². The van der Waals surface area contributed by atoms with Crippen LogP contribution < -0.4 is 16.0 Å². The van der Waals surface area contributed by atoms with E-state index in [-0.39, 0.29) is 0 Å². The summed E-state index contributed by atoms with van der Waals surface area (Å²) in [6.45, 7) is 3.97. The fourth-order valence-corrected chi connectivity index (χ4v) is 6.86. The lowest BCUT2D eigenvalue weighted by atomic mass is 10.7. The third kappa shape index (κ3) is 1.81. The highest BCUT2D eigenvalue weighted by atomic mass is 28.3. The minimum atomic E-state index is -2.05. The molecule has 0 saturated carbocycles. The fourth-order valence-electron chi connectivity index (χ4n) is 2.77. The molecule has 0 aliphatic carbocycles. The van der Waals surface area contributed by atoms with Gasteiger partial charge in [0.05, 0.1) is 0 Å². The Kier molecular flexibility index (Phi) is 3.01. The molecule has 3 nitrogen and oxygen atoms in total. The van der Waals surface area contributed by atoms with Crippen LogP contribution in [0.3, 0.4) is 0 Å². The van der Waals surface area contributed by atoms with Crippen molar-refractivity contribution < 1.29 is 0 Å². The van der Waals surface area contributed by atoms with Crippen molar-refractivity contribution in [1.82, 2.24) is 15.0 Å². The monoisotopic (exact) mass is 267 g/mol.